The normalized spacial score (nSPS) is 22.5. The average molecular weight is 263 g/mol. The summed E-state index contributed by atoms with van der Waals surface area (Å²) in [5.41, 5.74) is 2.72. The van der Waals surface area contributed by atoms with Gasteiger partial charge < -0.3 is 9.47 Å². The lowest BCUT2D eigenvalue weighted by Crippen LogP contribution is -2.38. The van der Waals surface area contributed by atoms with E-state index in [1.54, 1.807) is 11.3 Å². The van der Waals surface area contributed by atoms with Crippen molar-refractivity contribution >= 4 is 27.5 Å². The van der Waals surface area contributed by atoms with Crippen molar-refractivity contribution in [3.05, 3.63) is 23.7 Å². The van der Waals surface area contributed by atoms with Gasteiger partial charge in [-0.25, -0.2) is 4.98 Å². The minimum atomic E-state index is -0.137. The van der Waals surface area contributed by atoms with Crippen molar-refractivity contribution in [2.24, 2.45) is 5.92 Å². The predicted molar refractivity (Wildman–Crippen MR) is 68.8 cm³/mol. The molecule has 2 aromatic rings. The van der Waals surface area contributed by atoms with Gasteiger partial charge in [-0.2, -0.15) is 0 Å². The van der Waals surface area contributed by atoms with Crippen LogP contribution in [0.4, 0.5) is 0 Å². The van der Waals surface area contributed by atoms with Crippen LogP contribution >= 0.6 is 11.3 Å². The van der Waals surface area contributed by atoms with Gasteiger partial charge in [0.1, 0.15) is 17.4 Å². The molecule has 0 N–H and O–H groups in total. The highest BCUT2D eigenvalue weighted by atomic mass is 32.1. The third kappa shape index (κ3) is 1.95. The number of thiazole rings is 1. The Hall–Kier alpha value is -1.62. The highest BCUT2D eigenvalue weighted by Crippen LogP contribution is 2.35. The lowest BCUT2D eigenvalue weighted by atomic mass is 9.82. The van der Waals surface area contributed by atoms with Gasteiger partial charge in [-0.1, -0.05) is 6.07 Å². The summed E-state index contributed by atoms with van der Waals surface area (Å²) >= 11 is 1.60. The molecule has 1 aromatic carbocycles. The lowest BCUT2D eigenvalue weighted by molar-refractivity contribution is -0.151. The van der Waals surface area contributed by atoms with Gasteiger partial charge in [-0.3, -0.25) is 4.79 Å². The molecule has 94 valence electrons. The zero-order valence-electron chi connectivity index (χ0n) is 9.96. The number of hydrogen-bond acceptors (Lipinski definition) is 5. The third-order valence-electron chi connectivity index (χ3n) is 3.25. The number of esters is 1. The molecular formula is C13H13NO3S. The van der Waals surface area contributed by atoms with Crippen LogP contribution in [0.15, 0.2) is 23.7 Å². The highest BCUT2D eigenvalue weighted by Gasteiger charge is 2.37. The van der Waals surface area contributed by atoms with Gasteiger partial charge in [-0.15, -0.1) is 11.3 Å². The molecule has 0 bridgehead atoms. The number of fused-ring (bicyclic) bond motifs is 1. The largest absolute Gasteiger partial charge is 0.488 e. The van der Waals surface area contributed by atoms with E-state index in [1.165, 1.54) is 7.11 Å². The summed E-state index contributed by atoms with van der Waals surface area (Å²) in [6, 6.07) is 5.91. The number of carbonyl (C=O) groups excluding carboxylic acids is 1. The van der Waals surface area contributed by atoms with Gasteiger partial charge in [0.2, 0.25) is 0 Å². The number of nitrogens with zero attached hydrogens (tertiary/aromatic N) is 1. The van der Waals surface area contributed by atoms with Gasteiger partial charge in [-0.05, 0) is 25.0 Å². The molecule has 0 radical (unpaired) electrons. The summed E-state index contributed by atoms with van der Waals surface area (Å²) in [7, 11) is 1.42. The molecule has 0 aliphatic heterocycles. The number of benzene rings is 1. The van der Waals surface area contributed by atoms with Crippen molar-refractivity contribution in [3.8, 4) is 5.75 Å². The van der Waals surface area contributed by atoms with Crippen LogP contribution < -0.4 is 4.74 Å². The van der Waals surface area contributed by atoms with E-state index in [9.17, 15) is 4.79 Å². The summed E-state index contributed by atoms with van der Waals surface area (Å²) in [5, 5.41) is 0. The third-order valence-corrected chi connectivity index (χ3v) is 4.04. The fourth-order valence-electron chi connectivity index (χ4n) is 2.16. The molecule has 0 spiro atoms. The van der Waals surface area contributed by atoms with E-state index in [0.717, 1.165) is 28.8 Å². The molecule has 1 aliphatic rings. The van der Waals surface area contributed by atoms with E-state index in [0.29, 0.717) is 0 Å². The summed E-state index contributed by atoms with van der Waals surface area (Å²) in [5.74, 6) is 0.665. The molecule has 0 amide bonds. The zero-order valence-corrected chi connectivity index (χ0v) is 10.8. The minimum Gasteiger partial charge on any atom is -0.488 e. The van der Waals surface area contributed by atoms with E-state index in [1.807, 2.05) is 23.7 Å². The topological polar surface area (TPSA) is 48.4 Å². The quantitative estimate of drug-likeness (QED) is 0.799. The SMILES string of the molecule is COC(=O)[C@H]1C[C@H](Oc2cccc3scnc23)C1. The minimum absolute atomic E-state index is 0.00497. The Balaban J connectivity index is 1.68. The molecule has 1 fully saturated rings. The fourth-order valence-corrected chi connectivity index (χ4v) is 2.85. The van der Waals surface area contributed by atoms with Crippen LogP contribution in [0.5, 0.6) is 5.75 Å². The molecule has 5 heteroatoms. The Morgan fingerprint density at radius 1 is 1.44 bits per heavy atom. The van der Waals surface area contributed by atoms with Crippen molar-refractivity contribution in [1.29, 1.82) is 0 Å². The molecule has 0 saturated heterocycles. The van der Waals surface area contributed by atoms with Gasteiger partial charge in [0.05, 0.1) is 23.2 Å². The van der Waals surface area contributed by atoms with Gasteiger partial charge in [0.15, 0.2) is 0 Å². The van der Waals surface area contributed by atoms with E-state index in [-0.39, 0.29) is 18.0 Å². The van der Waals surface area contributed by atoms with Crippen LogP contribution in [0.2, 0.25) is 0 Å². The Morgan fingerprint density at radius 3 is 3.06 bits per heavy atom. The first-order chi connectivity index (χ1) is 8.78. The molecule has 1 saturated carbocycles. The molecule has 4 nitrogen and oxygen atoms in total. The number of rotatable bonds is 3. The average Bonchev–Trinajstić information content (AvgIpc) is 2.81. The number of carbonyl (C=O) groups is 1. The second-order valence-corrected chi connectivity index (χ2v) is 5.27. The summed E-state index contributed by atoms with van der Waals surface area (Å²) in [6.07, 6.45) is 1.56. The molecule has 3 rings (SSSR count). The van der Waals surface area contributed by atoms with Crippen molar-refractivity contribution in [3.63, 3.8) is 0 Å². The summed E-state index contributed by atoms with van der Waals surface area (Å²) in [4.78, 5) is 15.6. The number of hydrogen-bond donors (Lipinski definition) is 0. The standard InChI is InChI=1S/C13H13NO3S/c1-16-13(15)8-5-9(6-8)17-10-3-2-4-11-12(10)14-7-18-11/h2-4,7-9H,5-6H2,1H3/t8-,9-. The van der Waals surface area contributed by atoms with Crippen molar-refractivity contribution in [1.82, 2.24) is 4.98 Å². The van der Waals surface area contributed by atoms with E-state index < -0.39 is 0 Å². The maximum atomic E-state index is 11.3. The summed E-state index contributed by atoms with van der Waals surface area (Å²) < 4.78 is 11.7. The Kier molecular flexibility index (Phi) is 2.91. The number of aromatic nitrogens is 1. The van der Waals surface area contributed by atoms with Crippen molar-refractivity contribution < 1.29 is 14.3 Å². The lowest BCUT2D eigenvalue weighted by Gasteiger charge is -2.33. The van der Waals surface area contributed by atoms with Crippen LogP contribution in [0.25, 0.3) is 10.2 Å². The first-order valence-corrected chi connectivity index (χ1v) is 6.72. The molecule has 1 aromatic heterocycles. The predicted octanol–water partition coefficient (Wildman–Crippen LogP) is 2.63. The number of methoxy groups -OCH3 is 1. The molecule has 0 atom stereocenters. The van der Waals surface area contributed by atoms with Gasteiger partial charge in [0.25, 0.3) is 0 Å². The Morgan fingerprint density at radius 2 is 2.28 bits per heavy atom. The smallest absolute Gasteiger partial charge is 0.308 e. The van der Waals surface area contributed by atoms with Crippen LogP contribution in [0.3, 0.4) is 0 Å². The highest BCUT2D eigenvalue weighted by molar-refractivity contribution is 7.16. The second kappa shape index (κ2) is 4.57. The van der Waals surface area contributed by atoms with Crippen molar-refractivity contribution in [2.45, 2.75) is 18.9 Å². The maximum absolute atomic E-state index is 11.3. The zero-order chi connectivity index (χ0) is 12.5. The van der Waals surface area contributed by atoms with Crippen molar-refractivity contribution in [2.75, 3.05) is 7.11 Å². The van der Waals surface area contributed by atoms with Gasteiger partial charge >= 0.3 is 5.97 Å². The van der Waals surface area contributed by atoms with E-state index >= 15 is 0 Å². The second-order valence-electron chi connectivity index (χ2n) is 4.39. The molecule has 0 unspecified atom stereocenters. The number of ether oxygens (including phenoxy) is 2. The maximum Gasteiger partial charge on any atom is 0.308 e. The molecule has 1 heterocycles. The summed E-state index contributed by atoms with van der Waals surface area (Å²) in [6.45, 7) is 0. The van der Waals surface area contributed by atoms with Gasteiger partial charge in [0, 0.05) is 0 Å². The first kappa shape index (κ1) is 11.5. The van der Waals surface area contributed by atoms with Crippen LogP contribution in [-0.4, -0.2) is 24.2 Å². The molecule has 18 heavy (non-hydrogen) atoms. The van der Waals surface area contributed by atoms with Crippen LogP contribution in [0, 0.1) is 5.92 Å². The number of para-hydroxylation sites is 1. The molecular weight excluding hydrogens is 250 g/mol. The van der Waals surface area contributed by atoms with E-state index in [2.05, 4.69) is 4.98 Å². The Bertz CT molecular complexity index is 574. The Labute approximate surface area is 109 Å². The van der Waals surface area contributed by atoms with Crippen LogP contribution in [-0.2, 0) is 9.53 Å². The monoisotopic (exact) mass is 263 g/mol. The fraction of sp³-hybridized carbons (Fsp3) is 0.385. The molecule has 1 aliphatic carbocycles. The van der Waals surface area contributed by atoms with Crippen LogP contribution in [0.1, 0.15) is 12.8 Å². The first-order valence-electron chi connectivity index (χ1n) is 5.84. The van der Waals surface area contributed by atoms with E-state index in [4.69, 9.17) is 9.47 Å².